The maximum atomic E-state index is 10.9. The first-order chi connectivity index (χ1) is 6.74. The van der Waals surface area contributed by atoms with Crippen molar-refractivity contribution in [3.05, 3.63) is 40.0 Å². The molecule has 72 valence electrons. The van der Waals surface area contributed by atoms with E-state index < -0.39 is 5.91 Å². The van der Waals surface area contributed by atoms with E-state index in [1.165, 1.54) is 0 Å². The Balaban J connectivity index is 2.58. The molecule has 1 aromatic heterocycles. The molecule has 0 spiro atoms. The summed E-state index contributed by atoms with van der Waals surface area (Å²) in [5, 5.41) is 2.99. The minimum atomic E-state index is -0.434. The van der Waals surface area contributed by atoms with Gasteiger partial charge in [0.05, 0.1) is 0 Å². The molecule has 1 aromatic rings. The van der Waals surface area contributed by atoms with Crippen molar-refractivity contribution >= 4 is 5.91 Å². The SMILES string of the molecule is Cc1ncccc1CCC(=O)N=[N+]=[N-]. The first-order valence-corrected chi connectivity index (χ1v) is 4.22. The van der Waals surface area contributed by atoms with Crippen molar-refractivity contribution in [1.29, 1.82) is 0 Å². The lowest BCUT2D eigenvalue weighted by Gasteiger charge is -2.01. The molecular weight excluding hydrogens is 180 g/mol. The van der Waals surface area contributed by atoms with E-state index in [1.54, 1.807) is 6.20 Å². The predicted octanol–water partition coefficient (Wildman–Crippen LogP) is 2.16. The van der Waals surface area contributed by atoms with Gasteiger partial charge in [0.1, 0.15) is 0 Å². The van der Waals surface area contributed by atoms with Gasteiger partial charge in [-0.1, -0.05) is 6.07 Å². The van der Waals surface area contributed by atoms with Gasteiger partial charge in [0.2, 0.25) is 5.91 Å². The second-order valence-corrected chi connectivity index (χ2v) is 2.83. The van der Waals surface area contributed by atoms with Crippen LogP contribution >= 0.6 is 0 Å². The summed E-state index contributed by atoms with van der Waals surface area (Å²) in [6.45, 7) is 1.88. The number of nitrogens with zero attached hydrogens (tertiary/aromatic N) is 4. The molecule has 0 unspecified atom stereocenters. The van der Waals surface area contributed by atoms with Crippen molar-refractivity contribution in [3.8, 4) is 0 Å². The first-order valence-electron chi connectivity index (χ1n) is 4.22. The van der Waals surface area contributed by atoms with Gasteiger partial charge < -0.3 is 0 Å². The fourth-order valence-electron chi connectivity index (χ4n) is 1.12. The van der Waals surface area contributed by atoms with E-state index in [9.17, 15) is 4.79 Å². The quantitative estimate of drug-likeness (QED) is 0.416. The number of azide groups is 1. The van der Waals surface area contributed by atoms with Crippen LogP contribution < -0.4 is 0 Å². The van der Waals surface area contributed by atoms with Gasteiger partial charge in [0.25, 0.3) is 0 Å². The molecular formula is C9H10N4O. The molecule has 0 aliphatic rings. The van der Waals surface area contributed by atoms with Gasteiger partial charge >= 0.3 is 0 Å². The summed E-state index contributed by atoms with van der Waals surface area (Å²) in [5.74, 6) is -0.434. The molecule has 1 amide bonds. The summed E-state index contributed by atoms with van der Waals surface area (Å²) in [4.78, 5) is 17.4. The van der Waals surface area contributed by atoms with Crippen LogP contribution in [0.5, 0.6) is 0 Å². The van der Waals surface area contributed by atoms with E-state index >= 15 is 0 Å². The maximum Gasteiger partial charge on any atom is 0.219 e. The van der Waals surface area contributed by atoms with Gasteiger partial charge in [-0.2, -0.15) is 0 Å². The lowest BCUT2D eigenvalue weighted by atomic mass is 10.1. The van der Waals surface area contributed by atoms with Crippen LogP contribution in [0.4, 0.5) is 0 Å². The third kappa shape index (κ3) is 2.88. The zero-order valence-corrected chi connectivity index (χ0v) is 7.84. The van der Waals surface area contributed by atoms with E-state index in [0.717, 1.165) is 11.3 Å². The highest BCUT2D eigenvalue weighted by Gasteiger charge is 2.02. The minimum Gasteiger partial charge on any atom is -0.293 e. The number of aromatic nitrogens is 1. The van der Waals surface area contributed by atoms with Crippen molar-refractivity contribution in [2.45, 2.75) is 19.8 Å². The third-order valence-corrected chi connectivity index (χ3v) is 1.88. The number of carbonyl (C=O) groups is 1. The molecule has 14 heavy (non-hydrogen) atoms. The van der Waals surface area contributed by atoms with Crippen LogP contribution in [0.2, 0.25) is 0 Å². The number of aryl methyl sites for hydroxylation is 2. The monoisotopic (exact) mass is 190 g/mol. The van der Waals surface area contributed by atoms with Crippen LogP contribution in [0, 0.1) is 6.92 Å². The summed E-state index contributed by atoms with van der Waals surface area (Å²) in [7, 11) is 0. The van der Waals surface area contributed by atoms with Crippen LogP contribution in [0.15, 0.2) is 23.4 Å². The molecule has 0 fully saturated rings. The van der Waals surface area contributed by atoms with E-state index in [4.69, 9.17) is 5.53 Å². The topological polar surface area (TPSA) is 78.7 Å². The molecule has 0 aliphatic carbocycles. The number of pyridine rings is 1. The summed E-state index contributed by atoms with van der Waals surface area (Å²) in [6, 6.07) is 3.73. The summed E-state index contributed by atoms with van der Waals surface area (Å²) in [5.41, 5.74) is 9.93. The zero-order valence-electron chi connectivity index (χ0n) is 7.84. The molecule has 0 saturated carbocycles. The van der Waals surface area contributed by atoms with Crippen molar-refractivity contribution in [2.75, 3.05) is 0 Å². The molecule has 0 saturated heterocycles. The fourth-order valence-corrected chi connectivity index (χ4v) is 1.12. The van der Waals surface area contributed by atoms with Gasteiger partial charge in [-0.05, 0) is 35.6 Å². The smallest absolute Gasteiger partial charge is 0.219 e. The van der Waals surface area contributed by atoms with Gasteiger partial charge in [-0.15, -0.1) is 0 Å². The van der Waals surface area contributed by atoms with Crippen LogP contribution in [-0.4, -0.2) is 10.9 Å². The Kier molecular flexibility index (Phi) is 3.64. The molecule has 0 N–H and O–H groups in total. The van der Waals surface area contributed by atoms with Gasteiger partial charge in [0, 0.05) is 23.2 Å². The predicted molar refractivity (Wildman–Crippen MR) is 51.4 cm³/mol. The van der Waals surface area contributed by atoms with Gasteiger partial charge in [-0.25, -0.2) is 0 Å². The van der Waals surface area contributed by atoms with Crippen LogP contribution in [0.25, 0.3) is 10.4 Å². The number of carbonyl (C=O) groups excluding carboxylic acids is 1. The number of rotatable bonds is 3. The Labute approximate surface area is 81.4 Å². The molecule has 0 aromatic carbocycles. The molecule has 1 rings (SSSR count). The van der Waals surface area contributed by atoms with E-state index in [2.05, 4.69) is 15.0 Å². The molecule has 0 atom stereocenters. The minimum absolute atomic E-state index is 0.233. The van der Waals surface area contributed by atoms with Crippen LogP contribution in [0.1, 0.15) is 17.7 Å². The van der Waals surface area contributed by atoms with Crippen molar-refractivity contribution in [2.24, 2.45) is 5.11 Å². The normalized spacial score (nSPS) is 9.21. The molecule has 0 bridgehead atoms. The second-order valence-electron chi connectivity index (χ2n) is 2.83. The highest BCUT2D eigenvalue weighted by Crippen LogP contribution is 2.07. The summed E-state index contributed by atoms with van der Waals surface area (Å²) < 4.78 is 0. The molecule has 0 aliphatic heterocycles. The Morgan fingerprint density at radius 3 is 3.14 bits per heavy atom. The first kappa shape index (κ1) is 10.2. The highest BCUT2D eigenvalue weighted by atomic mass is 16.1. The average Bonchev–Trinajstić information content (AvgIpc) is 2.17. The standard InChI is InChI=1S/C9H10N4O/c1-7-8(3-2-6-11-7)4-5-9(14)12-13-10/h2-3,6H,4-5H2,1H3. The Hall–Kier alpha value is -1.87. The third-order valence-electron chi connectivity index (χ3n) is 1.88. The average molecular weight is 190 g/mol. The lowest BCUT2D eigenvalue weighted by molar-refractivity contribution is -0.117. The van der Waals surface area contributed by atoms with Crippen LogP contribution in [-0.2, 0) is 11.2 Å². The van der Waals surface area contributed by atoms with Crippen molar-refractivity contribution in [3.63, 3.8) is 0 Å². The van der Waals surface area contributed by atoms with Gasteiger partial charge in [-0.3, -0.25) is 9.78 Å². The van der Waals surface area contributed by atoms with E-state index in [0.29, 0.717) is 6.42 Å². The van der Waals surface area contributed by atoms with Crippen LogP contribution in [0.3, 0.4) is 0 Å². The Morgan fingerprint density at radius 1 is 1.71 bits per heavy atom. The molecule has 1 heterocycles. The largest absolute Gasteiger partial charge is 0.293 e. The fraction of sp³-hybridized carbons (Fsp3) is 0.333. The zero-order chi connectivity index (χ0) is 10.4. The van der Waals surface area contributed by atoms with E-state index in [-0.39, 0.29) is 6.42 Å². The van der Waals surface area contributed by atoms with Crippen molar-refractivity contribution < 1.29 is 4.79 Å². The Bertz CT molecular complexity index is 382. The lowest BCUT2D eigenvalue weighted by Crippen LogP contribution is -1.98. The second kappa shape index (κ2) is 4.99. The number of amides is 1. The van der Waals surface area contributed by atoms with E-state index in [1.807, 2.05) is 19.1 Å². The number of hydrogen-bond donors (Lipinski definition) is 0. The highest BCUT2D eigenvalue weighted by molar-refractivity contribution is 5.76. The molecule has 0 radical (unpaired) electrons. The summed E-state index contributed by atoms with van der Waals surface area (Å²) >= 11 is 0. The summed E-state index contributed by atoms with van der Waals surface area (Å²) in [6.07, 6.45) is 2.50. The maximum absolute atomic E-state index is 10.9. The molecule has 5 nitrogen and oxygen atoms in total. The van der Waals surface area contributed by atoms with Crippen molar-refractivity contribution in [1.82, 2.24) is 4.98 Å². The number of hydrogen-bond acceptors (Lipinski definition) is 2. The van der Waals surface area contributed by atoms with Gasteiger partial charge in [0.15, 0.2) is 0 Å². The Morgan fingerprint density at radius 2 is 2.50 bits per heavy atom. The molecule has 5 heteroatoms.